The molecule has 0 aromatic carbocycles. The van der Waals surface area contributed by atoms with Crippen LogP contribution in [0.1, 0.15) is 38.3 Å². The average Bonchev–Trinajstić information content (AvgIpc) is 2.34. The van der Waals surface area contributed by atoms with Crippen molar-refractivity contribution >= 4 is 11.6 Å². The van der Waals surface area contributed by atoms with E-state index in [0.717, 1.165) is 37.9 Å². The van der Waals surface area contributed by atoms with E-state index in [1.165, 1.54) is 0 Å². The molecule has 0 bridgehead atoms. The van der Waals surface area contributed by atoms with E-state index >= 15 is 0 Å². The molecule has 2 rings (SSSR count). The third-order valence-electron chi connectivity index (χ3n) is 3.79. The summed E-state index contributed by atoms with van der Waals surface area (Å²) < 4.78 is 1.87. The van der Waals surface area contributed by atoms with Crippen LogP contribution < -0.4 is 5.56 Å². The maximum absolute atomic E-state index is 12.5. The van der Waals surface area contributed by atoms with Gasteiger partial charge in [0, 0.05) is 17.8 Å². The molecule has 19 heavy (non-hydrogen) atoms. The molecule has 106 valence electrons. The highest BCUT2D eigenvalue weighted by atomic mass is 35.5. The Morgan fingerprint density at radius 2 is 2.00 bits per heavy atom. The van der Waals surface area contributed by atoms with Crippen molar-refractivity contribution in [1.29, 1.82) is 0 Å². The van der Waals surface area contributed by atoms with Gasteiger partial charge in [-0.2, -0.15) is 0 Å². The molecule has 4 heteroatoms. The van der Waals surface area contributed by atoms with Crippen molar-refractivity contribution in [3.63, 3.8) is 0 Å². The van der Waals surface area contributed by atoms with Gasteiger partial charge in [0.05, 0.1) is 5.02 Å². The van der Waals surface area contributed by atoms with Crippen LogP contribution in [-0.4, -0.2) is 29.6 Å². The second-order valence-electron chi connectivity index (χ2n) is 6.03. The molecule has 1 fully saturated rings. The third kappa shape index (κ3) is 3.61. The summed E-state index contributed by atoms with van der Waals surface area (Å²) in [6.45, 7) is 6.34. The Morgan fingerprint density at radius 3 is 2.58 bits per heavy atom. The second-order valence-corrected chi connectivity index (χ2v) is 6.46. The van der Waals surface area contributed by atoms with Crippen LogP contribution in [0.25, 0.3) is 0 Å². The van der Waals surface area contributed by atoms with Crippen LogP contribution in [0, 0.1) is 5.92 Å². The first-order valence-electron chi connectivity index (χ1n) is 7.06. The predicted molar refractivity (Wildman–Crippen MR) is 80.0 cm³/mol. The topological polar surface area (TPSA) is 25.2 Å². The predicted octanol–water partition coefficient (Wildman–Crippen LogP) is 2.97. The zero-order chi connectivity index (χ0) is 14.0. The number of likely N-dealkylation sites (tertiary alicyclic amines) is 1. The van der Waals surface area contributed by atoms with Crippen LogP contribution in [0.15, 0.2) is 17.1 Å². The highest BCUT2D eigenvalue weighted by Crippen LogP contribution is 2.22. The molecule has 0 N–H and O–H groups in total. The number of hydrogen-bond acceptors (Lipinski definition) is 2. The average molecular weight is 283 g/mol. The van der Waals surface area contributed by atoms with Crippen LogP contribution in [0.5, 0.6) is 0 Å². The summed E-state index contributed by atoms with van der Waals surface area (Å²) in [5.74, 6) is 0.470. The normalized spacial score (nSPS) is 18.2. The van der Waals surface area contributed by atoms with Crippen molar-refractivity contribution in [2.45, 2.75) is 39.2 Å². The molecule has 0 amide bonds. The summed E-state index contributed by atoms with van der Waals surface area (Å²) in [6, 6.07) is 2.13. The number of nitrogens with zero attached hydrogens (tertiary/aromatic N) is 2. The maximum Gasteiger partial charge on any atom is 0.254 e. The monoisotopic (exact) mass is 282 g/mol. The van der Waals surface area contributed by atoms with E-state index in [1.807, 2.05) is 16.8 Å². The van der Waals surface area contributed by atoms with Gasteiger partial charge in [0.2, 0.25) is 0 Å². The van der Waals surface area contributed by atoms with Gasteiger partial charge < -0.3 is 9.47 Å². The van der Waals surface area contributed by atoms with Gasteiger partial charge in [0.25, 0.3) is 5.56 Å². The van der Waals surface area contributed by atoms with Gasteiger partial charge >= 0.3 is 0 Å². The van der Waals surface area contributed by atoms with Crippen molar-refractivity contribution in [2.24, 2.45) is 5.92 Å². The van der Waals surface area contributed by atoms with E-state index in [4.69, 9.17) is 11.6 Å². The Morgan fingerprint density at radius 1 is 1.37 bits per heavy atom. The summed E-state index contributed by atoms with van der Waals surface area (Å²) in [5, 5.41) is 0.675. The fourth-order valence-electron chi connectivity index (χ4n) is 2.75. The zero-order valence-corrected chi connectivity index (χ0v) is 12.8. The van der Waals surface area contributed by atoms with Crippen LogP contribution in [0.2, 0.25) is 5.02 Å². The quantitative estimate of drug-likeness (QED) is 0.852. The highest BCUT2D eigenvalue weighted by molar-refractivity contribution is 6.30. The Hall–Kier alpha value is -0.800. The molecule has 1 aromatic heterocycles. The van der Waals surface area contributed by atoms with Gasteiger partial charge in [-0.1, -0.05) is 25.4 Å². The van der Waals surface area contributed by atoms with E-state index < -0.39 is 0 Å². The van der Waals surface area contributed by atoms with Crippen LogP contribution >= 0.6 is 11.6 Å². The Labute approximate surface area is 120 Å². The summed E-state index contributed by atoms with van der Waals surface area (Å²) in [5.41, 5.74) is 0.995. The van der Waals surface area contributed by atoms with Crippen LogP contribution in [0.3, 0.4) is 0 Å². The molecule has 1 aliphatic rings. The van der Waals surface area contributed by atoms with Gasteiger partial charge in [-0.3, -0.25) is 4.79 Å². The van der Waals surface area contributed by atoms with Crippen molar-refractivity contribution in [1.82, 2.24) is 9.47 Å². The van der Waals surface area contributed by atoms with E-state index in [-0.39, 0.29) is 5.56 Å². The molecule has 0 aliphatic carbocycles. The SMILES string of the molecule is CC(C)Cc1cc(Cl)cn(C2CCN(C)CC2)c1=O. The van der Waals surface area contributed by atoms with Crippen LogP contribution in [-0.2, 0) is 6.42 Å². The minimum absolute atomic E-state index is 0.146. The number of piperidine rings is 1. The Balaban J connectivity index is 2.30. The molecular weight excluding hydrogens is 260 g/mol. The van der Waals surface area contributed by atoms with Gasteiger partial charge in [0.15, 0.2) is 0 Å². The highest BCUT2D eigenvalue weighted by Gasteiger charge is 2.20. The van der Waals surface area contributed by atoms with Crippen molar-refractivity contribution in [3.05, 3.63) is 33.2 Å². The number of halogens is 1. The number of hydrogen-bond donors (Lipinski definition) is 0. The minimum Gasteiger partial charge on any atom is -0.311 e. The molecular formula is C15H23ClN2O. The summed E-state index contributed by atoms with van der Waals surface area (Å²) in [6.07, 6.45) is 4.66. The van der Waals surface area contributed by atoms with Crippen molar-refractivity contribution in [2.75, 3.05) is 20.1 Å². The lowest BCUT2D eigenvalue weighted by atomic mass is 10.0. The molecule has 1 aromatic rings. The Bertz CT molecular complexity index is 487. The molecule has 3 nitrogen and oxygen atoms in total. The lowest BCUT2D eigenvalue weighted by molar-refractivity contribution is 0.218. The number of aromatic nitrogens is 1. The molecule has 0 radical (unpaired) electrons. The standard InChI is InChI=1S/C15H23ClN2O/c1-11(2)8-12-9-13(16)10-18(15(12)19)14-4-6-17(3)7-5-14/h9-11,14H,4-8H2,1-3H3. The smallest absolute Gasteiger partial charge is 0.254 e. The van der Waals surface area contributed by atoms with Gasteiger partial charge in [-0.05, 0) is 51.4 Å². The van der Waals surface area contributed by atoms with Gasteiger partial charge in [-0.15, -0.1) is 0 Å². The Kier molecular flexibility index (Phi) is 4.69. The van der Waals surface area contributed by atoms with Crippen molar-refractivity contribution in [3.8, 4) is 0 Å². The number of rotatable bonds is 3. The fourth-order valence-corrected chi connectivity index (χ4v) is 2.99. The first kappa shape index (κ1) is 14.6. The maximum atomic E-state index is 12.5. The van der Waals surface area contributed by atoms with E-state index in [2.05, 4.69) is 25.8 Å². The van der Waals surface area contributed by atoms with E-state index in [9.17, 15) is 4.79 Å². The summed E-state index contributed by atoms with van der Waals surface area (Å²) in [4.78, 5) is 14.8. The zero-order valence-electron chi connectivity index (χ0n) is 12.0. The molecule has 2 heterocycles. The number of pyridine rings is 1. The fraction of sp³-hybridized carbons (Fsp3) is 0.667. The summed E-state index contributed by atoms with van der Waals surface area (Å²) >= 11 is 6.18. The second kappa shape index (κ2) is 6.10. The summed E-state index contributed by atoms with van der Waals surface area (Å²) in [7, 11) is 2.13. The van der Waals surface area contributed by atoms with E-state index in [1.54, 1.807) is 0 Å². The van der Waals surface area contributed by atoms with Gasteiger partial charge in [-0.25, -0.2) is 0 Å². The first-order valence-corrected chi connectivity index (χ1v) is 7.44. The molecule has 0 unspecified atom stereocenters. The lowest BCUT2D eigenvalue weighted by Crippen LogP contribution is -2.36. The molecule has 0 saturated carbocycles. The molecule has 1 saturated heterocycles. The molecule has 1 aliphatic heterocycles. The largest absolute Gasteiger partial charge is 0.311 e. The molecule has 0 spiro atoms. The van der Waals surface area contributed by atoms with Crippen LogP contribution in [0.4, 0.5) is 0 Å². The first-order chi connectivity index (χ1) is 8.97. The lowest BCUT2D eigenvalue weighted by Gasteiger charge is -2.30. The third-order valence-corrected chi connectivity index (χ3v) is 4.00. The van der Waals surface area contributed by atoms with Gasteiger partial charge in [0.1, 0.15) is 0 Å². The van der Waals surface area contributed by atoms with E-state index in [0.29, 0.717) is 17.0 Å². The minimum atomic E-state index is 0.146. The molecule has 0 atom stereocenters. The van der Waals surface area contributed by atoms with Crippen molar-refractivity contribution < 1.29 is 0 Å².